The van der Waals surface area contributed by atoms with E-state index in [1.165, 1.54) is 6.26 Å². The molecule has 1 aliphatic heterocycles. The highest BCUT2D eigenvalue weighted by Gasteiger charge is 2.27. The molecule has 5 nitrogen and oxygen atoms in total. The minimum Gasteiger partial charge on any atom is -0.490 e. The van der Waals surface area contributed by atoms with Crippen molar-refractivity contribution in [3.63, 3.8) is 0 Å². The van der Waals surface area contributed by atoms with Crippen LogP contribution in [-0.2, 0) is 9.84 Å². The van der Waals surface area contributed by atoms with Gasteiger partial charge in [-0.05, 0) is 24.6 Å². The zero-order valence-electron chi connectivity index (χ0n) is 11.4. The lowest BCUT2D eigenvalue weighted by Gasteiger charge is -2.21. The Morgan fingerprint density at radius 2 is 1.80 bits per heavy atom. The molecule has 0 radical (unpaired) electrons. The van der Waals surface area contributed by atoms with E-state index in [9.17, 15) is 8.42 Å². The molecule has 2 rings (SSSR count). The highest BCUT2D eigenvalue weighted by atomic mass is 79.9. The summed E-state index contributed by atoms with van der Waals surface area (Å²) in [7, 11) is -3.21. The molecule has 1 aliphatic rings. The van der Waals surface area contributed by atoms with E-state index in [-0.39, 0.29) is 0 Å². The van der Waals surface area contributed by atoms with Gasteiger partial charge in [-0.1, -0.05) is 15.9 Å². The second-order valence-electron chi connectivity index (χ2n) is 4.93. The molecule has 2 unspecified atom stereocenters. The Labute approximate surface area is 127 Å². The molecule has 2 N–H and O–H groups in total. The smallest absolute Gasteiger partial charge is 0.162 e. The molecular weight excluding hydrogens is 346 g/mol. The average Bonchev–Trinajstić information content (AvgIpc) is 2.59. The van der Waals surface area contributed by atoms with Gasteiger partial charge in [0.25, 0.3) is 0 Å². The fourth-order valence-corrected chi connectivity index (χ4v) is 3.24. The van der Waals surface area contributed by atoms with Crippen LogP contribution in [0.25, 0.3) is 0 Å². The molecule has 0 bridgehead atoms. The maximum atomic E-state index is 11.6. The highest BCUT2D eigenvalue weighted by molar-refractivity contribution is 9.10. The summed E-state index contributed by atoms with van der Waals surface area (Å²) in [6, 6.07) is 2.92. The lowest BCUT2D eigenvalue weighted by molar-refractivity contribution is 0.297. The summed E-state index contributed by atoms with van der Waals surface area (Å²) in [4.78, 5) is 0. The molecule has 0 aliphatic carbocycles. The van der Waals surface area contributed by atoms with Gasteiger partial charge in [-0.15, -0.1) is 0 Å². The molecule has 0 aromatic heterocycles. The van der Waals surface area contributed by atoms with Crippen molar-refractivity contribution in [2.75, 3.05) is 19.5 Å². The predicted molar refractivity (Wildman–Crippen MR) is 81.0 cm³/mol. The van der Waals surface area contributed by atoms with Crippen molar-refractivity contribution in [1.29, 1.82) is 0 Å². The van der Waals surface area contributed by atoms with E-state index in [2.05, 4.69) is 15.9 Å². The number of ether oxygens (including phenoxy) is 2. The fourth-order valence-electron chi connectivity index (χ4n) is 1.97. The second-order valence-corrected chi connectivity index (χ2v) is 8.19. The molecule has 20 heavy (non-hydrogen) atoms. The fraction of sp³-hybridized carbons (Fsp3) is 0.538. The Morgan fingerprint density at radius 3 is 2.35 bits per heavy atom. The van der Waals surface area contributed by atoms with Crippen LogP contribution in [0.1, 0.15) is 24.9 Å². The predicted octanol–water partition coefficient (Wildman–Crippen LogP) is 2.04. The first-order valence-corrected chi connectivity index (χ1v) is 9.09. The Balaban J connectivity index is 2.40. The van der Waals surface area contributed by atoms with Crippen molar-refractivity contribution in [3.8, 4) is 11.5 Å². The van der Waals surface area contributed by atoms with Crippen molar-refractivity contribution >= 4 is 25.8 Å². The number of fused-ring (bicyclic) bond motifs is 1. The van der Waals surface area contributed by atoms with Crippen LogP contribution in [0.15, 0.2) is 16.6 Å². The van der Waals surface area contributed by atoms with Gasteiger partial charge in [-0.2, -0.15) is 0 Å². The molecule has 112 valence electrons. The average molecular weight is 364 g/mol. The van der Waals surface area contributed by atoms with E-state index in [0.717, 1.165) is 10.9 Å². The molecule has 1 heterocycles. The van der Waals surface area contributed by atoms with Crippen molar-refractivity contribution in [2.24, 2.45) is 5.73 Å². The Morgan fingerprint density at radius 1 is 1.25 bits per heavy atom. The van der Waals surface area contributed by atoms with Gasteiger partial charge in [0.05, 0.1) is 18.5 Å². The van der Waals surface area contributed by atoms with Crippen LogP contribution >= 0.6 is 15.9 Å². The van der Waals surface area contributed by atoms with Gasteiger partial charge in [-0.3, -0.25) is 0 Å². The van der Waals surface area contributed by atoms with Gasteiger partial charge >= 0.3 is 0 Å². The normalized spacial score (nSPS) is 18.2. The Kier molecular flexibility index (Phi) is 4.61. The van der Waals surface area contributed by atoms with Crippen LogP contribution in [-0.4, -0.2) is 33.1 Å². The molecular formula is C13H18BrNO4S. The van der Waals surface area contributed by atoms with E-state index >= 15 is 0 Å². The number of benzene rings is 1. The van der Waals surface area contributed by atoms with Crippen LogP contribution in [0.5, 0.6) is 11.5 Å². The molecule has 0 saturated heterocycles. The van der Waals surface area contributed by atoms with Crippen LogP contribution in [0.4, 0.5) is 0 Å². The summed E-state index contributed by atoms with van der Waals surface area (Å²) in [6.07, 6.45) is 2.00. The number of hydrogen-bond acceptors (Lipinski definition) is 5. The van der Waals surface area contributed by atoms with E-state index in [1.807, 2.05) is 0 Å². The second kappa shape index (κ2) is 5.91. The summed E-state index contributed by atoms with van der Waals surface area (Å²) in [6.45, 7) is 2.78. The third-order valence-electron chi connectivity index (χ3n) is 3.41. The van der Waals surface area contributed by atoms with Gasteiger partial charge in [0.15, 0.2) is 21.3 Å². The van der Waals surface area contributed by atoms with Gasteiger partial charge < -0.3 is 15.2 Å². The lowest BCUT2D eigenvalue weighted by atomic mass is 10.0. The number of rotatable bonds is 3. The number of sulfone groups is 1. The molecule has 0 spiro atoms. The van der Waals surface area contributed by atoms with Crippen molar-refractivity contribution in [1.82, 2.24) is 0 Å². The molecule has 0 amide bonds. The van der Waals surface area contributed by atoms with Crippen LogP contribution in [0.3, 0.4) is 0 Å². The number of hydrogen-bond donors (Lipinski definition) is 1. The van der Waals surface area contributed by atoms with E-state index in [1.54, 1.807) is 19.1 Å². The third kappa shape index (κ3) is 3.27. The molecule has 1 aromatic carbocycles. The maximum Gasteiger partial charge on any atom is 0.162 e. The van der Waals surface area contributed by atoms with Crippen LogP contribution < -0.4 is 15.2 Å². The zero-order chi connectivity index (χ0) is 14.9. The van der Waals surface area contributed by atoms with Gasteiger partial charge in [0, 0.05) is 23.2 Å². The molecule has 2 atom stereocenters. The first kappa shape index (κ1) is 15.6. The monoisotopic (exact) mass is 363 g/mol. The quantitative estimate of drug-likeness (QED) is 0.888. The third-order valence-corrected chi connectivity index (χ3v) is 5.74. The number of nitrogens with two attached hydrogens (primary N) is 1. The summed E-state index contributed by atoms with van der Waals surface area (Å²) in [5, 5.41) is -0.677. The molecule has 0 saturated carbocycles. The van der Waals surface area contributed by atoms with Gasteiger partial charge in [0.2, 0.25) is 0 Å². The summed E-state index contributed by atoms with van der Waals surface area (Å²) in [5.41, 5.74) is 6.79. The van der Waals surface area contributed by atoms with E-state index < -0.39 is 21.1 Å². The zero-order valence-corrected chi connectivity index (χ0v) is 13.8. The molecule has 0 fully saturated rings. The molecule has 7 heteroatoms. The van der Waals surface area contributed by atoms with Gasteiger partial charge in [-0.25, -0.2) is 8.42 Å². The highest BCUT2D eigenvalue weighted by Crippen LogP contribution is 2.38. The standard InChI is InChI=1S/C13H18BrNO4S/c1-8(20(2,16)17)13(15)9-6-11-12(7-10(9)14)19-5-3-4-18-11/h6-8,13H,3-5,15H2,1-2H3. The summed E-state index contributed by atoms with van der Waals surface area (Å²) >= 11 is 3.43. The largest absolute Gasteiger partial charge is 0.490 e. The van der Waals surface area contributed by atoms with Crippen molar-refractivity contribution < 1.29 is 17.9 Å². The van der Waals surface area contributed by atoms with E-state index in [4.69, 9.17) is 15.2 Å². The lowest BCUT2D eigenvalue weighted by Crippen LogP contribution is -2.30. The number of halogens is 1. The summed E-state index contributed by atoms with van der Waals surface area (Å²) < 4.78 is 35.2. The Hall–Kier alpha value is -0.790. The minimum atomic E-state index is -3.21. The Bertz CT molecular complexity index is 603. The minimum absolute atomic E-state index is 0.574. The first-order valence-electron chi connectivity index (χ1n) is 6.34. The SMILES string of the molecule is CC(C(N)c1cc2c(cc1Br)OCCCO2)S(C)(=O)=O. The van der Waals surface area contributed by atoms with Crippen molar-refractivity contribution in [2.45, 2.75) is 24.6 Å². The van der Waals surface area contributed by atoms with Crippen LogP contribution in [0, 0.1) is 0 Å². The van der Waals surface area contributed by atoms with Crippen LogP contribution in [0.2, 0.25) is 0 Å². The van der Waals surface area contributed by atoms with Crippen molar-refractivity contribution in [3.05, 3.63) is 22.2 Å². The summed E-state index contributed by atoms with van der Waals surface area (Å²) in [5.74, 6) is 1.26. The topological polar surface area (TPSA) is 78.6 Å². The molecule has 1 aromatic rings. The van der Waals surface area contributed by atoms with E-state index in [0.29, 0.717) is 30.3 Å². The first-order chi connectivity index (χ1) is 9.30. The maximum absolute atomic E-state index is 11.6. The van der Waals surface area contributed by atoms with Gasteiger partial charge in [0.1, 0.15) is 0 Å².